The Morgan fingerprint density at radius 1 is 0.735 bits per heavy atom. The molecule has 0 heterocycles. The Morgan fingerprint density at radius 3 is 1.74 bits per heavy atom. The Hall–Kier alpha value is -1.32. The summed E-state index contributed by atoms with van der Waals surface area (Å²) < 4.78 is 53.9. The first-order chi connectivity index (χ1) is 16.5. The Balaban J connectivity index is 1.21. The quantitative estimate of drug-likeness (QED) is 0.342. The fourth-order valence-corrected chi connectivity index (χ4v) is 7.52. The number of hydrogen-bond donors (Lipinski definition) is 0. The third-order valence-electron chi connectivity index (χ3n) is 9.57. The van der Waals surface area contributed by atoms with Crippen LogP contribution in [0.5, 0.6) is 0 Å². The van der Waals surface area contributed by atoms with Crippen LogP contribution in [0.4, 0.5) is 17.6 Å². The van der Waals surface area contributed by atoms with Crippen LogP contribution < -0.4 is 0 Å². The summed E-state index contributed by atoms with van der Waals surface area (Å²) >= 11 is 0. The average molecular weight is 479 g/mol. The van der Waals surface area contributed by atoms with E-state index in [0.29, 0.717) is 29.9 Å². The van der Waals surface area contributed by atoms with Crippen LogP contribution in [0.15, 0.2) is 24.3 Å². The van der Waals surface area contributed by atoms with Gasteiger partial charge in [0, 0.05) is 0 Å². The van der Waals surface area contributed by atoms with E-state index < -0.39 is 17.7 Å². The van der Waals surface area contributed by atoms with Crippen molar-refractivity contribution in [3.8, 4) is 0 Å². The maximum Gasteiger partial charge on any atom is 0.266 e. The molecule has 3 saturated carbocycles. The zero-order valence-electron chi connectivity index (χ0n) is 20.8. The van der Waals surface area contributed by atoms with Crippen molar-refractivity contribution in [2.45, 2.75) is 109 Å². The van der Waals surface area contributed by atoms with Crippen LogP contribution in [-0.2, 0) is 6.42 Å². The summed E-state index contributed by atoms with van der Waals surface area (Å²) in [6, 6.07) is 3.65. The molecule has 0 aromatic heterocycles. The number of hydrogen-bond acceptors (Lipinski definition) is 0. The fraction of sp³-hybridized carbons (Fsp3) is 0.733. The van der Waals surface area contributed by atoms with Crippen molar-refractivity contribution in [2.75, 3.05) is 0 Å². The molecular formula is C30H42F4. The summed E-state index contributed by atoms with van der Waals surface area (Å²) in [5.41, 5.74) is 1.10. The van der Waals surface area contributed by atoms with Crippen molar-refractivity contribution in [3.05, 3.63) is 47.1 Å². The lowest BCUT2D eigenvalue weighted by atomic mass is 9.64. The number of benzene rings is 1. The third kappa shape index (κ3) is 6.26. The van der Waals surface area contributed by atoms with E-state index in [2.05, 4.69) is 0 Å². The number of aryl methyl sites for hydroxylation is 1. The van der Waals surface area contributed by atoms with Crippen LogP contribution in [0, 0.1) is 41.2 Å². The van der Waals surface area contributed by atoms with Gasteiger partial charge in [-0.25, -0.2) is 8.78 Å². The van der Waals surface area contributed by atoms with Crippen molar-refractivity contribution < 1.29 is 17.6 Å². The maximum absolute atomic E-state index is 14.7. The topological polar surface area (TPSA) is 0 Å². The zero-order valence-corrected chi connectivity index (χ0v) is 20.8. The lowest BCUT2D eigenvalue weighted by Gasteiger charge is -2.41. The van der Waals surface area contributed by atoms with E-state index in [4.69, 9.17) is 0 Å². The van der Waals surface area contributed by atoms with Gasteiger partial charge in [-0.05, 0) is 143 Å². The minimum atomic E-state index is -1.53. The van der Waals surface area contributed by atoms with Crippen molar-refractivity contribution in [1.82, 2.24) is 0 Å². The number of rotatable bonds is 7. The van der Waals surface area contributed by atoms with Crippen molar-refractivity contribution >= 4 is 0 Å². The van der Waals surface area contributed by atoms with E-state index in [1.54, 1.807) is 6.07 Å². The molecule has 0 unspecified atom stereocenters. The van der Waals surface area contributed by atoms with E-state index in [9.17, 15) is 17.6 Å². The number of halogens is 4. The molecule has 4 rings (SSSR count). The normalized spacial score (nSPS) is 32.4. The first-order valence-corrected chi connectivity index (χ1v) is 13.9. The largest absolute Gasteiger partial charge is 0.266 e. The van der Waals surface area contributed by atoms with E-state index in [0.717, 1.165) is 74.7 Å². The second-order valence-electron chi connectivity index (χ2n) is 11.5. The Bertz CT molecular complexity index is 803. The molecule has 34 heavy (non-hydrogen) atoms. The molecule has 0 bridgehead atoms. The highest BCUT2D eigenvalue weighted by molar-refractivity contribution is 5.29. The molecule has 3 aliphatic carbocycles. The van der Waals surface area contributed by atoms with Crippen LogP contribution in [0.1, 0.15) is 114 Å². The second-order valence-corrected chi connectivity index (χ2v) is 11.5. The molecule has 0 atom stereocenters. The molecule has 0 saturated heterocycles. The summed E-state index contributed by atoms with van der Waals surface area (Å²) in [5, 5.41) is 0. The highest BCUT2D eigenvalue weighted by atomic mass is 19.3. The molecule has 0 nitrogen and oxygen atoms in total. The fourth-order valence-electron chi connectivity index (χ4n) is 7.52. The van der Waals surface area contributed by atoms with Crippen LogP contribution in [0.2, 0.25) is 0 Å². The van der Waals surface area contributed by atoms with Gasteiger partial charge in [0.25, 0.3) is 6.08 Å². The van der Waals surface area contributed by atoms with Crippen molar-refractivity contribution in [2.24, 2.45) is 29.6 Å². The molecule has 3 aliphatic rings. The smallest absolute Gasteiger partial charge is 0.203 e. The van der Waals surface area contributed by atoms with Crippen LogP contribution in [-0.4, -0.2) is 0 Å². The van der Waals surface area contributed by atoms with E-state index in [1.165, 1.54) is 38.5 Å². The first kappa shape index (κ1) is 25.8. The molecule has 1 aromatic carbocycles. The predicted molar refractivity (Wildman–Crippen MR) is 131 cm³/mol. The zero-order chi connectivity index (χ0) is 24.1. The van der Waals surface area contributed by atoms with Gasteiger partial charge in [-0.1, -0.05) is 25.5 Å². The first-order valence-electron chi connectivity index (χ1n) is 13.9. The molecule has 1 aromatic rings. The predicted octanol–water partition coefficient (Wildman–Crippen LogP) is 9.97. The summed E-state index contributed by atoms with van der Waals surface area (Å²) in [6.07, 6.45) is 15.7. The lowest BCUT2D eigenvalue weighted by molar-refractivity contribution is 0.110. The summed E-state index contributed by atoms with van der Waals surface area (Å²) in [7, 11) is 0. The van der Waals surface area contributed by atoms with Gasteiger partial charge in [0.2, 0.25) is 0 Å². The van der Waals surface area contributed by atoms with Gasteiger partial charge in [-0.2, -0.15) is 8.78 Å². The van der Waals surface area contributed by atoms with Crippen molar-refractivity contribution in [1.29, 1.82) is 0 Å². The molecule has 4 heteroatoms. The summed E-state index contributed by atoms with van der Waals surface area (Å²) in [5.74, 6) is 2.53. The van der Waals surface area contributed by atoms with Crippen LogP contribution in [0.25, 0.3) is 0 Å². The van der Waals surface area contributed by atoms with E-state index >= 15 is 0 Å². The minimum absolute atomic E-state index is 0.161. The highest BCUT2D eigenvalue weighted by Crippen LogP contribution is 2.47. The monoisotopic (exact) mass is 478 g/mol. The molecule has 190 valence electrons. The number of allylic oxidation sites excluding steroid dienone is 1. The summed E-state index contributed by atoms with van der Waals surface area (Å²) in [4.78, 5) is 0. The molecule has 0 spiro atoms. The molecule has 0 radical (unpaired) electrons. The molecule has 3 fully saturated rings. The van der Waals surface area contributed by atoms with Gasteiger partial charge in [-0.3, -0.25) is 0 Å². The molecule has 0 N–H and O–H groups in total. The van der Waals surface area contributed by atoms with Gasteiger partial charge in [-0.15, -0.1) is 0 Å². The van der Waals surface area contributed by atoms with Gasteiger partial charge < -0.3 is 0 Å². The Kier molecular flexibility index (Phi) is 9.15. The SMILES string of the molecule is CCCc1ccc(C2CCC(C3CCC(C4CCC(CC=C(F)F)CC4)CC3)CC2)c(F)c1F. The molecule has 0 amide bonds. The van der Waals surface area contributed by atoms with Gasteiger partial charge >= 0.3 is 0 Å². The van der Waals surface area contributed by atoms with Gasteiger partial charge in [0.05, 0.1) is 0 Å². The van der Waals surface area contributed by atoms with Crippen LogP contribution in [0.3, 0.4) is 0 Å². The van der Waals surface area contributed by atoms with Gasteiger partial charge in [0.15, 0.2) is 11.6 Å². The third-order valence-corrected chi connectivity index (χ3v) is 9.57. The standard InChI is InChI=1S/C30H42F4/c1-2-3-26-17-18-27(30(34)29(26)33)25-15-13-24(14-16-25)23-11-9-22(10-12-23)21-7-4-20(5-8-21)6-19-28(31)32/h17-25H,2-16H2,1H3. The highest BCUT2D eigenvalue weighted by Gasteiger charge is 2.35. The van der Waals surface area contributed by atoms with Gasteiger partial charge in [0.1, 0.15) is 0 Å². The molecular weight excluding hydrogens is 436 g/mol. The summed E-state index contributed by atoms with van der Waals surface area (Å²) in [6.45, 7) is 1.99. The minimum Gasteiger partial charge on any atom is -0.203 e. The molecule has 0 aliphatic heterocycles. The average Bonchev–Trinajstić information content (AvgIpc) is 2.86. The Labute approximate surface area is 203 Å². The van der Waals surface area contributed by atoms with E-state index in [-0.39, 0.29) is 5.92 Å². The second kappa shape index (κ2) is 12.1. The van der Waals surface area contributed by atoms with Crippen molar-refractivity contribution in [3.63, 3.8) is 0 Å². The Morgan fingerprint density at radius 2 is 1.24 bits per heavy atom. The van der Waals surface area contributed by atoms with E-state index in [1.807, 2.05) is 13.0 Å². The lowest BCUT2D eigenvalue weighted by Crippen LogP contribution is -2.29. The maximum atomic E-state index is 14.7. The van der Waals surface area contributed by atoms with Crippen LogP contribution >= 0.6 is 0 Å².